The van der Waals surface area contributed by atoms with Gasteiger partial charge in [0.05, 0.1) is 12.8 Å². The smallest absolute Gasteiger partial charge is 0.119 e. The Morgan fingerprint density at radius 3 is 3.17 bits per heavy atom. The number of hydrogen-bond donors (Lipinski definition) is 0. The Hall–Kier alpha value is -1.31. The van der Waals surface area contributed by atoms with Crippen molar-refractivity contribution in [1.82, 2.24) is 0 Å². The van der Waals surface area contributed by atoms with E-state index < -0.39 is 0 Å². The van der Waals surface area contributed by atoms with Crippen LogP contribution in [0.5, 0.6) is 5.75 Å². The predicted octanol–water partition coefficient (Wildman–Crippen LogP) is 2.34. The first kappa shape index (κ1) is 7.35. The van der Waals surface area contributed by atoms with Crippen LogP contribution in [0, 0.1) is 0 Å². The maximum absolute atomic E-state index is 5.13. The molecule has 1 heterocycles. The number of rotatable bonds is 1. The van der Waals surface area contributed by atoms with Crippen molar-refractivity contribution in [1.29, 1.82) is 0 Å². The largest absolute Gasteiger partial charge is 0.497 e. The highest BCUT2D eigenvalue weighted by Gasteiger charge is 2.05. The number of fused-ring (bicyclic) bond motifs is 1. The van der Waals surface area contributed by atoms with Crippen LogP contribution in [0.4, 0.5) is 5.69 Å². The molecule has 2 rings (SSSR count). The van der Waals surface area contributed by atoms with Crippen molar-refractivity contribution in [3.05, 3.63) is 23.8 Å². The van der Waals surface area contributed by atoms with E-state index in [1.165, 1.54) is 5.56 Å². The lowest BCUT2D eigenvalue weighted by molar-refractivity contribution is 0.414. The molecular weight excluding hydrogens is 150 g/mol. The molecule has 0 amide bonds. The van der Waals surface area contributed by atoms with Gasteiger partial charge < -0.3 is 4.74 Å². The van der Waals surface area contributed by atoms with Gasteiger partial charge >= 0.3 is 0 Å². The molecule has 0 saturated heterocycles. The zero-order chi connectivity index (χ0) is 8.39. The van der Waals surface area contributed by atoms with E-state index in [1.807, 2.05) is 18.3 Å². The first-order valence-corrected chi connectivity index (χ1v) is 4.09. The lowest BCUT2D eigenvalue weighted by Gasteiger charge is -2.10. The molecule has 0 saturated carbocycles. The average Bonchev–Trinajstić information content (AvgIpc) is 2.17. The van der Waals surface area contributed by atoms with E-state index >= 15 is 0 Å². The minimum Gasteiger partial charge on any atom is -0.497 e. The van der Waals surface area contributed by atoms with Gasteiger partial charge in [-0.15, -0.1) is 0 Å². The van der Waals surface area contributed by atoms with Crippen molar-refractivity contribution < 1.29 is 4.74 Å². The van der Waals surface area contributed by atoms with Crippen LogP contribution in [0.3, 0.4) is 0 Å². The molecule has 0 unspecified atom stereocenters. The van der Waals surface area contributed by atoms with Crippen LogP contribution in [-0.4, -0.2) is 13.3 Å². The molecule has 1 aromatic rings. The molecular formula is C10H11NO. The second-order valence-electron chi connectivity index (χ2n) is 2.84. The van der Waals surface area contributed by atoms with Crippen LogP contribution in [0.25, 0.3) is 0 Å². The fourth-order valence-electron chi connectivity index (χ4n) is 1.40. The second-order valence-corrected chi connectivity index (χ2v) is 2.84. The lowest BCUT2D eigenvalue weighted by Crippen LogP contribution is -1.94. The normalized spacial score (nSPS) is 14.1. The summed E-state index contributed by atoms with van der Waals surface area (Å²) in [6.07, 6.45) is 4.09. The molecule has 0 spiro atoms. The molecule has 1 aliphatic heterocycles. The van der Waals surface area contributed by atoms with Gasteiger partial charge in [-0.1, -0.05) is 0 Å². The van der Waals surface area contributed by atoms with E-state index in [0.717, 1.165) is 24.3 Å². The monoisotopic (exact) mass is 161 g/mol. The van der Waals surface area contributed by atoms with Gasteiger partial charge in [0.25, 0.3) is 0 Å². The zero-order valence-electron chi connectivity index (χ0n) is 7.08. The van der Waals surface area contributed by atoms with Crippen LogP contribution < -0.4 is 4.74 Å². The molecule has 1 aromatic carbocycles. The Kier molecular flexibility index (Phi) is 1.82. The first-order valence-electron chi connectivity index (χ1n) is 4.09. The van der Waals surface area contributed by atoms with Crippen LogP contribution in [-0.2, 0) is 6.42 Å². The zero-order valence-corrected chi connectivity index (χ0v) is 7.08. The van der Waals surface area contributed by atoms with Crippen LogP contribution in [0.1, 0.15) is 12.0 Å². The fourth-order valence-corrected chi connectivity index (χ4v) is 1.40. The average molecular weight is 161 g/mol. The van der Waals surface area contributed by atoms with Gasteiger partial charge in [0.15, 0.2) is 0 Å². The van der Waals surface area contributed by atoms with Gasteiger partial charge in [0.2, 0.25) is 0 Å². The van der Waals surface area contributed by atoms with E-state index in [0.29, 0.717) is 0 Å². The van der Waals surface area contributed by atoms with Gasteiger partial charge in [-0.05, 0) is 36.6 Å². The second kappa shape index (κ2) is 2.97. The number of hydrogen-bond acceptors (Lipinski definition) is 2. The van der Waals surface area contributed by atoms with Crippen molar-refractivity contribution in [2.75, 3.05) is 7.11 Å². The topological polar surface area (TPSA) is 21.6 Å². The van der Waals surface area contributed by atoms with Crippen LogP contribution in [0.15, 0.2) is 23.2 Å². The quantitative estimate of drug-likeness (QED) is 0.619. The highest BCUT2D eigenvalue weighted by Crippen LogP contribution is 2.27. The predicted molar refractivity (Wildman–Crippen MR) is 49.5 cm³/mol. The molecule has 2 nitrogen and oxygen atoms in total. The highest BCUT2D eigenvalue weighted by molar-refractivity contribution is 5.69. The van der Waals surface area contributed by atoms with Crippen molar-refractivity contribution in [3.8, 4) is 5.75 Å². The third-order valence-electron chi connectivity index (χ3n) is 2.06. The Morgan fingerprint density at radius 1 is 1.42 bits per heavy atom. The van der Waals surface area contributed by atoms with E-state index in [2.05, 4.69) is 11.1 Å². The minimum atomic E-state index is 0.922. The molecule has 12 heavy (non-hydrogen) atoms. The fraction of sp³-hybridized carbons (Fsp3) is 0.300. The van der Waals surface area contributed by atoms with Crippen molar-refractivity contribution >= 4 is 11.9 Å². The van der Waals surface area contributed by atoms with E-state index in [9.17, 15) is 0 Å². The van der Waals surface area contributed by atoms with Crippen molar-refractivity contribution in [2.24, 2.45) is 4.99 Å². The molecule has 0 atom stereocenters. The summed E-state index contributed by atoms with van der Waals surface area (Å²) in [5, 5.41) is 0. The van der Waals surface area contributed by atoms with E-state index in [-0.39, 0.29) is 0 Å². The molecule has 2 heteroatoms. The number of aryl methyl sites for hydroxylation is 1. The molecule has 0 N–H and O–H groups in total. The van der Waals surface area contributed by atoms with Gasteiger partial charge in [-0.3, -0.25) is 4.99 Å². The minimum absolute atomic E-state index is 0.922. The van der Waals surface area contributed by atoms with Crippen LogP contribution in [0.2, 0.25) is 0 Å². The maximum atomic E-state index is 5.13. The molecule has 62 valence electrons. The number of ether oxygens (including phenoxy) is 1. The summed E-state index contributed by atoms with van der Waals surface area (Å²) in [7, 11) is 1.69. The summed E-state index contributed by atoms with van der Waals surface area (Å²) in [4.78, 5) is 4.29. The number of methoxy groups -OCH3 is 1. The third-order valence-corrected chi connectivity index (χ3v) is 2.06. The summed E-state index contributed by atoms with van der Waals surface area (Å²) in [5.41, 5.74) is 2.37. The lowest BCUT2D eigenvalue weighted by atomic mass is 10.1. The van der Waals surface area contributed by atoms with Gasteiger partial charge in [-0.25, -0.2) is 0 Å². The van der Waals surface area contributed by atoms with Gasteiger partial charge in [-0.2, -0.15) is 0 Å². The molecule has 0 aromatic heterocycles. The molecule has 0 bridgehead atoms. The molecule has 0 radical (unpaired) electrons. The first-order chi connectivity index (χ1) is 5.90. The molecule has 0 fully saturated rings. The summed E-state index contributed by atoms with van der Waals surface area (Å²) < 4.78 is 5.13. The van der Waals surface area contributed by atoms with E-state index in [1.54, 1.807) is 7.11 Å². The molecule has 1 aliphatic rings. The van der Waals surface area contributed by atoms with Gasteiger partial charge in [0, 0.05) is 6.21 Å². The Morgan fingerprint density at radius 2 is 2.33 bits per heavy atom. The maximum Gasteiger partial charge on any atom is 0.119 e. The number of aliphatic imine (C=N–C) groups is 1. The summed E-state index contributed by atoms with van der Waals surface area (Å²) in [6.45, 7) is 0. The standard InChI is InChI=1S/C10H11NO/c1-12-9-4-5-10-8(7-9)3-2-6-11-10/h4-7H,2-3H2,1H3. The third kappa shape index (κ3) is 1.20. The van der Waals surface area contributed by atoms with E-state index in [4.69, 9.17) is 4.74 Å². The Bertz CT molecular complexity index is 318. The number of nitrogens with zero attached hydrogens (tertiary/aromatic N) is 1. The Balaban J connectivity index is 2.44. The highest BCUT2D eigenvalue weighted by atomic mass is 16.5. The van der Waals surface area contributed by atoms with Crippen LogP contribution >= 0.6 is 0 Å². The SMILES string of the molecule is COc1ccc2c(c1)CCC=N2. The van der Waals surface area contributed by atoms with Gasteiger partial charge in [0.1, 0.15) is 5.75 Å². The van der Waals surface area contributed by atoms with Crippen molar-refractivity contribution in [2.45, 2.75) is 12.8 Å². The summed E-state index contributed by atoms with van der Waals surface area (Å²) >= 11 is 0. The Labute approximate surface area is 71.9 Å². The number of benzene rings is 1. The summed E-state index contributed by atoms with van der Waals surface area (Å²) in [5.74, 6) is 0.922. The summed E-state index contributed by atoms with van der Waals surface area (Å²) in [6, 6.07) is 6.01. The molecule has 0 aliphatic carbocycles. The van der Waals surface area contributed by atoms with Crippen molar-refractivity contribution in [3.63, 3.8) is 0 Å².